The second kappa shape index (κ2) is 9.80. The van der Waals surface area contributed by atoms with Crippen molar-refractivity contribution in [1.82, 2.24) is 9.21 Å². The van der Waals surface area contributed by atoms with Crippen LogP contribution in [0.25, 0.3) is 0 Å². The van der Waals surface area contributed by atoms with Gasteiger partial charge in [-0.1, -0.05) is 0 Å². The van der Waals surface area contributed by atoms with Gasteiger partial charge in [-0.15, -0.1) is 23.7 Å². The Labute approximate surface area is 168 Å². The molecule has 1 aliphatic rings. The average molecular weight is 443 g/mol. The first-order valence-corrected chi connectivity index (χ1v) is 10.2. The SMILES string of the molecule is COC(=O)c1sc(S(=O)(=O)N2CCN(CCO)CC2)c(C(=O)OC)c1C.Cl. The molecule has 1 saturated heterocycles. The van der Waals surface area contributed by atoms with E-state index in [9.17, 15) is 18.0 Å². The summed E-state index contributed by atoms with van der Waals surface area (Å²) in [6.07, 6.45) is 0. The highest BCUT2D eigenvalue weighted by atomic mass is 35.5. The number of carbonyl (C=O) groups is 2. The van der Waals surface area contributed by atoms with Crippen LogP contribution in [0.4, 0.5) is 0 Å². The predicted octanol–water partition coefficient (Wildman–Crippen LogP) is 0.350. The monoisotopic (exact) mass is 442 g/mol. The van der Waals surface area contributed by atoms with Crippen LogP contribution >= 0.6 is 23.7 Å². The fraction of sp³-hybridized carbons (Fsp3) is 0.600. The van der Waals surface area contributed by atoms with Crippen molar-refractivity contribution in [2.75, 3.05) is 53.6 Å². The van der Waals surface area contributed by atoms with Crippen molar-refractivity contribution in [2.24, 2.45) is 0 Å². The number of ether oxygens (including phenoxy) is 2. The molecule has 1 aromatic heterocycles. The molecule has 0 amide bonds. The van der Waals surface area contributed by atoms with Crippen molar-refractivity contribution in [3.8, 4) is 0 Å². The zero-order chi connectivity index (χ0) is 19.5. The number of esters is 2. The minimum atomic E-state index is -3.98. The van der Waals surface area contributed by atoms with Gasteiger partial charge in [-0.2, -0.15) is 4.31 Å². The van der Waals surface area contributed by atoms with E-state index in [1.165, 1.54) is 18.3 Å². The number of hydrogen-bond donors (Lipinski definition) is 1. The Morgan fingerprint density at radius 2 is 1.67 bits per heavy atom. The highest BCUT2D eigenvalue weighted by Crippen LogP contribution is 2.35. The highest BCUT2D eigenvalue weighted by Gasteiger charge is 2.37. The first kappa shape index (κ1) is 23.8. The van der Waals surface area contributed by atoms with Crippen molar-refractivity contribution in [3.05, 3.63) is 16.0 Å². The number of nitrogens with zero attached hydrogens (tertiary/aromatic N) is 2. The van der Waals surface area contributed by atoms with Gasteiger partial charge >= 0.3 is 11.9 Å². The van der Waals surface area contributed by atoms with Gasteiger partial charge in [0.1, 0.15) is 4.88 Å². The number of carbonyl (C=O) groups excluding carboxylic acids is 2. The summed E-state index contributed by atoms with van der Waals surface area (Å²) in [5.41, 5.74) is 0.0990. The van der Waals surface area contributed by atoms with Crippen LogP contribution in [-0.2, 0) is 19.5 Å². The number of methoxy groups -OCH3 is 2. The van der Waals surface area contributed by atoms with Crippen LogP contribution in [0.1, 0.15) is 25.6 Å². The van der Waals surface area contributed by atoms with Crippen LogP contribution in [0.2, 0.25) is 0 Å². The van der Waals surface area contributed by atoms with E-state index in [-0.39, 0.29) is 52.3 Å². The van der Waals surface area contributed by atoms with E-state index in [4.69, 9.17) is 9.84 Å². The molecule has 9 nitrogen and oxygen atoms in total. The molecule has 1 aliphatic heterocycles. The van der Waals surface area contributed by atoms with Gasteiger partial charge in [0.2, 0.25) is 0 Å². The third-order valence-electron chi connectivity index (χ3n) is 4.20. The van der Waals surface area contributed by atoms with Crippen LogP contribution in [0.5, 0.6) is 0 Å². The maximum Gasteiger partial charge on any atom is 0.348 e. The summed E-state index contributed by atoms with van der Waals surface area (Å²) >= 11 is 0.716. The Bertz CT molecular complexity index is 786. The molecule has 0 unspecified atom stereocenters. The molecule has 1 N–H and O–H groups in total. The zero-order valence-corrected chi connectivity index (χ0v) is 17.7. The minimum absolute atomic E-state index is 0. The fourth-order valence-corrected chi connectivity index (χ4v) is 6.05. The molecule has 154 valence electrons. The Kier molecular flexibility index (Phi) is 8.64. The van der Waals surface area contributed by atoms with E-state index in [1.807, 2.05) is 4.90 Å². The molecule has 2 rings (SSSR count). The molecular formula is C15H23ClN2O7S2. The van der Waals surface area contributed by atoms with Crippen LogP contribution < -0.4 is 0 Å². The third-order valence-corrected chi connectivity index (χ3v) is 7.86. The Morgan fingerprint density at radius 3 is 2.15 bits per heavy atom. The molecule has 0 spiro atoms. The van der Waals surface area contributed by atoms with E-state index in [2.05, 4.69) is 4.74 Å². The molecule has 2 heterocycles. The van der Waals surface area contributed by atoms with Crippen LogP contribution in [-0.4, -0.2) is 88.2 Å². The number of rotatable bonds is 6. The minimum Gasteiger partial charge on any atom is -0.465 e. The number of thiophene rings is 1. The van der Waals surface area contributed by atoms with Gasteiger partial charge in [0, 0.05) is 32.7 Å². The van der Waals surface area contributed by atoms with Gasteiger partial charge in [-0.05, 0) is 12.5 Å². The van der Waals surface area contributed by atoms with Crippen LogP contribution in [0, 0.1) is 6.92 Å². The lowest BCUT2D eigenvalue weighted by molar-refractivity contribution is 0.0596. The van der Waals surface area contributed by atoms with Crippen molar-refractivity contribution < 1.29 is 32.6 Å². The van der Waals surface area contributed by atoms with Gasteiger partial charge in [0.05, 0.1) is 26.4 Å². The fourth-order valence-electron chi connectivity index (χ4n) is 2.75. The Balaban J connectivity index is 0.00000364. The van der Waals surface area contributed by atoms with Crippen molar-refractivity contribution >= 4 is 45.7 Å². The standard InChI is InChI=1S/C15H22N2O7S2.ClH/c1-10-11(13(19)23-2)15(25-12(10)14(20)24-3)26(21,22)17-6-4-16(5-7-17)8-9-18;/h18H,4-9H2,1-3H3;1H. The van der Waals surface area contributed by atoms with Crippen LogP contribution in [0.3, 0.4) is 0 Å². The molecule has 0 radical (unpaired) electrons. The second-order valence-electron chi connectivity index (χ2n) is 5.67. The van der Waals surface area contributed by atoms with Gasteiger partial charge in [-0.25, -0.2) is 18.0 Å². The molecule has 1 fully saturated rings. The number of halogens is 1. The molecule has 27 heavy (non-hydrogen) atoms. The molecule has 12 heteroatoms. The number of piperazine rings is 1. The highest BCUT2D eigenvalue weighted by molar-refractivity contribution is 7.91. The van der Waals surface area contributed by atoms with Crippen molar-refractivity contribution in [3.63, 3.8) is 0 Å². The summed E-state index contributed by atoms with van der Waals surface area (Å²) in [5.74, 6) is -1.52. The number of hydrogen-bond acceptors (Lipinski definition) is 9. The maximum atomic E-state index is 13.1. The zero-order valence-electron chi connectivity index (χ0n) is 15.3. The topological polar surface area (TPSA) is 113 Å². The maximum absolute atomic E-state index is 13.1. The lowest BCUT2D eigenvalue weighted by Crippen LogP contribution is -2.49. The molecule has 0 aliphatic carbocycles. The number of aliphatic hydroxyl groups excluding tert-OH is 1. The van der Waals surface area contributed by atoms with E-state index < -0.39 is 22.0 Å². The van der Waals surface area contributed by atoms with Gasteiger partial charge in [0.25, 0.3) is 10.0 Å². The first-order valence-electron chi connectivity index (χ1n) is 7.91. The van der Waals surface area contributed by atoms with Gasteiger partial charge in [-0.3, -0.25) is 4.90 Å². The summed E-state index contributed by atoms with van der Waals surface area (Å²) in [5, 5.41) is 8.99. The van der Waals surface area contributed by atoms with E-state index in [0.29, 0.717) is 31.0 Å². The van der Waals surface area contributed by atoms with Gasteiger partial charge < -0.3 is 14.6 Å². The Hall–Kier alpha value is -1.24. The van der Waals surface area contributed by atoms with Gasteiger partial charge in [0.15, 0.2) is 4.21 Å². The molecule has 0 bridgehead atoms. The first-order chi connectivity index (χ1) is 12.3. The summed E-state index contributed by atoms with van der Waals surface area (Å²) in [6, 6.07) is 0. The molecular weight excluding hydrogens is 420 g/mol. The third kappa shape index (κ3) is 4.79. The number of β-amino-alcohol motifs (C(OH)–C–C–N with tert-alkyl or cyclic N) is 1. The lowest BCUT2D eigenvalue weighted by Gasteiger charge is -2.33. The normalized spacial score (nSPS) is 15.9. The summed E-state index contributed by atoms with van der Waals surface area (Å²) < 4.78 is 36.6. The summed E-state index contributed by atoms with van der Waals surface area (Å²) in [7, 11) is -1.63. The summed E-state index contributed by atoms with van der Waals surface area (Å²) in [4.78, 5) is 26.1. The smallest absolute Gasteiger partial charge is 0.348 e. The lowest BCUT2D eigenvalue weighted by atomic mass is 10.2. The summed E-state index contributed by atoms with van der Waals surface area (Å²) in [6.45, 7) is 3.38. The Morgan fingerprint density at radius 1 is 1.11 bits per heavy atom. The number of aliphatic hydroxyl groups is 1. The number of sulfonamides is 1. The molecule has 0 atom stereocenters. The predicted molar refractivity (Wildman–Crippen MR) is 101 cm³/mol. The largest absolute Gasteiger partial charge is 0.465 e. The molecule has 1 aromatic rings. The van der Waals surface area contributed by atoms with Crippen molar-refractivity contribution in [2.45, 2.75) is 11.1 Å². The molecule has 0 saturated carbocycles. The second-order valence-corrected chi connectivity index (χ2v) is 8.82. The van der Waals surface area contributed by atoms with E-state index in [1.54, 1.807) is 0 Å². The van der Waals surface area contributed by atoms with Crippen molar-refractivity contribution in [1.29, 1.82) is 0 Å². The quantitative estimate of drug-likeness (QED) is 0.628. The van der Waals surface area contributed by atoms with E-state index in [0.717, 1.165) is 7.11 Å². The molecule has 0 aromatic carbocycles. The van der Waals surface area contributed by atoms with E-state index >= 15 is 0 Å². The average Bonchev–Trinajstić information content (AvgIpc) is 2.99. The van der Waals surface area contributed by atoms with Crippen LogP contribution in [0.15, 0.2) is 4.21 Å².